The van der Waals surface area contributed by atoms with Crippen LogP contribution in [-0.2, 0) is 14.4 Å². The number of alkyl halides is 1. The zero-order chi connectivity index (χ0) is 8.43. The van der Waals surface area contributed by atoms with Crippen LogP contribution in [0.4, 0.5) is 0 Å². The van der Waals surface area contributed by atoms with E-state index in [1.54, 1.807) is 28.9 Å². The van der Waals surface area contributed by atoms with E-state index in [-0.39, 0.29) is 24.7 Å². The van der Waals surface area contributed by atoms with Crippen molar-refractivity contribution < 1.29 is 14.4 Å². The molecular formula is C6H5INO3. The van der Waals surface area contributed by atoms with Crippen molar-refractivity contribution in [1.29, 1.82) is 0 Å². The van der Waals surface area contributed by atoms with Gasteiger partial charge in [0.05, 0.1) is 0 Å². The number of rotatable bonds is 2. The fourth-order valence-corrected chi connectivity index (χ4v) is 1.52. The molecule has 4 nitrogen and oxygen atoms in total. The SMILES string of the molecule is O=[C]C(I)N1C(=O)CCC1=O. The predicted molar refractivity (Wildman–Crippen MR) is 44.6 cm³/mol. The number of hydrogen-bond donors (Lipinski definition) is 0. The van der Waals surface area contributed by atoms with Crippen molar-refractivity contribution in [2.45, 2.75) is 16.9 Å². The molecule has 0 N–H and O–H groups in total. The van der Waals surface area contributed by atoms with Gasteiger partial charge in [0.2, 0.25) is 18.1 Å². The molecule has 0 aromatic rings. The lowest BCUT2D eigenvalue weighted by molar-refractivity contribution is -0.137. The van der Waals surface area contributed by atoms with Crippen molar-refractivity contribution in [3.63, 3.8) is 0 Å². The van der Waals surface area contributed by atoms with E-state index >= 15 is 0 Å². The summed E-state index contributed by atoms with van der Waals surface area (Å²) in [5, 5.41) is 0. The van der Waals surface area contributed by atoms with Gasteiger partial charge in [-0.3, -0.25) is 19.3 Å². The van der Waals surface area contributed by atoms with E-state index in [0.29, 0.717) is 0 Å². The van der Waals surface area contributed by atoms with Gasteiger partial charge in [0, 0.05) is 12.8 Å². The molecule has 1 aliphatic rings. The molecule has 1 radical (unpaired) electrons. The molecule has 0 aliphatic carbocycles. The van der Waals surface area contributed by atoms with E-state index in [2.05, 4.69) is 0 Å². The summed E-state index contributed by atoms with van der Waals surface area (Å²) in [6.45, 7) is 0. The summed E-state index contributed by atoms with van der Waals surface area (Å²) in [7, 11) is 0. The molecule has 0 bridgehead atoms. The number of carbonyl (C=O) groups excluding carboxylic acids is 3. The molecule has 0 saturated carbocycles. The molecule has 11 heavy (non-hydrogen) atoms. The Morgan fingerprint density at radius 3 is 2.18 bits per heavy atom. The highest BCUT2D eigenvalue weighted by Gasteiger charge is 2.33. The van der Waals surface area contributed by atoms with Crippen LogP contribution in [0.25, 0.3) is 0 Å². The molecule has 2 amide bonds. The number of nitrogens with zero attached hydrogens (tertiary/aromatic N) is 1. The lowest BCUT2D eigenvalue weighted by atomic mass is 10.4. The van der Waals surface area contributed by atoms with Crippen LogP contribution in [0.1, 0.15) is 12.8 Å². The Hall–Kier alpha value is -0.460. The average molecular weight is 266 g/mol. The van der Waals surface area contributed by atoms with Gasteiger partial charge >= 0.3 is 0 Å². The molecule has 1 unspecified atom stereocenters. The third kappa shape index (κ3) is 1.58. The standard InChI is InChI=1S/C6H5INO3/c7-4(3-9)8-5(10)1-2-6(8)11/h4H,1-2H2. The van der Waals surface area contributed by atoms with Crippen LogP contribution in [0, 0.1) is 0 Å². The second-order valence-electron chi connectivity index (χ2n) is 2.11. The summed E-state index contributed by atoms with van der Waals surface area (Å²) >= 11 is 1.70. The van der Waals surface area contributed by atoms with E-state index in [1.165, 1.54) is 0 Å². The summed E-state index contributed by atoms with van der Waals surface area (Å²) in [4.78, 5) is 32.9. The summed E-state index contributed by atoms with van der Waals surface area (Å²) in [6.07, 6.45) is 2.03. The molecular weight excluding hydrogens is 261 g/mol. The molecule has 1 fully saturated rings. The molecule has 0 aromatic heterocycles. The zero-order valence-corrected chi connectivity index (χ0v) is 7.70. The van der Waals surface area contributed by atoms with Gasteiger partial charge < -0.3 is 0 Å². The van der Waals surface area contributed by atoms with Crippen molar-refractivity contribution in [2.75, 3.05) is 0 Å². The van der Waals surface area contributed by atoms with Gasteiger partial charge in [-0.25, -0.2) is 0 Å². The van der Waals surface area contributed by atoms with Gasteiger partial charge in [0.1, 0.15) is 0 Å². The molecule has 5 heteroatoms. The quantitative estimate of drug-likeness (QED) is 0.306. The van der Waals surface area contributed by atoms with Gasteiger partial charge in [-0.05, 0) is 22.6 Å². The topological polar surface area (TPSA) is 54.5 Å². The molecule has 0 aromatic carbocycles. The van der Waals surface area contributed by atoms with E-state index in [0.717, 1.165) is 4.90 Å². The van der Waals surface area contributed by atoms with Crippen molar-refractivity contribution in [3.05, 3.63) is 0 Å². The number of hydrogen-bond acceptors (Lipinski definition) is 3. The molecule has 1 aliphatic heterocycles. The van der Waals surface area contributed by atoms with E-state index in [9.17, 15) is 14.4 Å². The van der Waals surface area contributed by atoms with Gasteiger partial charge in [-0.2, -0.15) is 0 Å². The molecule has 1 heterocycles. The maximum atomic E-state index is 10.9. The van der Waals surface area contributed by atoms with Gasteiger partial charge in [-0.1, -0.05) is 0 Å². The lowest BCUT2D eigenvalue weighted by Crippen LogP contribution is -2.36. The summed E-state index contributed by atoms with van der Waals surface area (Å²) < 4.78 is -0.755. The van der Waals surface area contributed by atoms with Crippen LogP contribution < -0.4 is 0 Å². The molecule has 59 valence electrons. The molecule has 0 spiro atoms. The van der Waals surface area contributed by atoms with E-state index in [4.69, 9.17) is 0 Å². The minimum absolute atomic E-state index is 0.222. The largest absolute Gasteiger partial charge is 0.287 e. The van der Waals surface area contributed by atoms with Gasteiger partial charge in [0.25, 0.3) is 0 Å². The smallest absolute Gasteiger partial charge is 0.234 e. The van der Waals surface area contributed by atoms with Crippen LogP contribution >= 0.6 is 22.6 Å². The maximum absolute atomic E-state index is 10.9. The Balaban J connectivity index is 2.75. The molecule has 1 rings (SSSR count). The van der Waals surface area contributed by atoms with Crippen molar-refractivity contribution in [3.8, 4) is 0 Å². The third-order valence-corrected chi connectivity index (χ3v) is 2.23. The fraction of sp³-hybridized carbons (Fsp3) is 0.500. The van der Waals surface area contributed by atoms with Gasteiger partial charge in [0.15, 0.2) is 4.05 Å². The predicted octanol–water partition coefficient (Wildman–Crippen LogP) is 0.00620. The van der Waals surface area contributed by atoms with Crippen LogP contribution in [0.3, 0.4) is 0 Å². The Morgan fingerprint density at radius 2 is 1.82 bits per heavy atom. The first-order valence-corrected chi connectivity index (χ1v) is 4.28. The first-order valence-electron chi connectivity index (χ1n) is 3.03. The number of amides is 2. The second-order valence-corrected chi connectivity index (χ2v) is 3.29. The second kappa shape index (κ2) is 3.29. The number of likely N-dealkylation sites (tertiary alicyclic amines) is 1. The Morgan fingerprint density at radius 1 is 1.36 bits per heavy atom. The van der Waals surface area contributed by atoms with Crippen molar-refractivity contribution >= 4 is 40.7 Å². The van der Waals surface area contributed by atoms with Gasteiger partial charge in [-0.15, -0.1) is 0 Å². The summed E-state index contributed by atoms with van der Waals surface area (Å²) in [5.41, 5.74) is 0. The van der Waals surface area contributed by atoms with Crippen molar-refractivity contribution in [2.24, 2.45) is 0 Å². The van der Waals surface area contributed by atoms with Crippen molar-refractivity contribution in [1.82, 2.24) is 4.90 Å². The highest BCUT2D eigenvalue weighted by atomic mass is 127. The van der Waals surface area contributed by atoms with E-state index in [1.807, 2.05) is 0 Å². The fourth-order valence-electron chi connectivity index (χ4n) is 0.899. The Labute approximate surface area is 77.1 Å². The highest BCUT2D eigenvalue weighted by Crippen LogP contribution is 2.17. The Bertz CT molecular complexity index is 200. The number of carbonyl (C=O) groups is 2. The minimum atomic E-state index is -0.755. The van der Waals surface area contributed by atoms with Crippen LogP contribution in [0.2, 0.25) is 0 Å². The van der Waals surface area contributed by atoms with Crippen LogP contribution in [0.5, 0.6) is 0 Å². The molecule has 1 saturated heterocycles. The monoisotopic (exact) mass is 266 g/mol. The van der Waals surface area contributed by atoms with E-state index < -0.39 is 4.05 Å². The average Bonchev–Trinajstić information content (AvgIpc) is 2.30. The number of halogens is 1. The summed E-state index contributed by atoms with van der Waals surface area (Å²) in [6, 6.07) is 0. The summed E-state index contributed by atoms with van der Waals surface area (Å²) in [5.74, 6) is -0.560. The first-order chi connectivity index (χ1) is 5.16. The minimum Gasteiger partial charge on any atom is -0.287 e. The highest BCUT2D eigenvalue weighted by molar-refractivity contribution is 14.1. The third-order valence-electron chi connectivity index (χ3n) is 1.41. The lowest BCUT2D eigenvalue weighted by Gasteiger charge is -2.13. The number of imide groups is 1. The zero-order valence-electron chi connectivity index (χ0n) is 5.54. The Kier molecular flexibility index (Phi) is 2.58. The van der Waals surface area contributed by atoms with Crippen LogP contribution in [0.15, 0.2) is 0 Å². The molecule has 1 atom stereocenters. The maximum Gasteiger partial charge on any atom is 0.234 e. The first kappa shape index (κ1) is 8.63. The van der Waals surface area contributed by atoms with Crippen LogP contribution in [-0.4, -0.2) is 27.0 Å². The normalized spacial score (nSPS) is 20.6.